The number of thioether (sulfide) groups is 1. The van der Waals surface area contributed by atoms with Crippen LogP contribution in [0.25, 0.3) is 16.2 Å². The summed E-state index contributed by atoms with van der Waals surface area (Å²) in [5, 5.41) is 5.33. The summed E-state index contributed by atoms with van der Waals surface area (Å²) in [6, 6.07) is 9.98. The number of amides is 1. The molecule has 0 radical (unpaired) electrons. The van der Waals surface area contributed by atoms with Gasteiger partial charge in [0.05, 0.1) is 17.1 Å². The summed E-state index contributed by atoms with van der Waals surface area (Å²) in [6.07, 6.45) is 3.91. The average Bonchev–Trinajstić information content (AvgIpc) is 3.35. The molecular formula is C22H22N4O2S3. The van der Waals surface area contributed by atoms with Crippen LogP contribution in [0, 0.1) is 6.92 Å². The molecule has 9 heteroatoms. The number of anilines is 1. The quantitative estimate of drug-likeness (QED) is 0.392. The van der Waals surface area contributed by atoms with Crippen molar-refractivity contribution in [1.82, 2.24) is 14.4 Å². The van der Waals surface area contributed by atoms with E-state index in [0.29, 0.717) is 21.5 Å². The number of aromatic nitrogens is 3. The van der Waals surface area contributed by atoms with Crippen LogP contribution in [0.15, 0.2) is 46.7 Å². The van der Waals surface area contributed by atoms with Gasteiger partial charge < -0.3 is 5.32 Å². The molecule has 4 aromatic rings. The lowest BCUT2D eigenvalue weighted by Gasteiger charge is -2.03. The fourth-order valence-electron chi connectivity index (χ4n) is 3.20. The van der Waals surface area contributed by atoms with E-state index < -0.39 is 0 Å². The number of carbonyl (C=O) groups excluding carboxylic acids is 1. The number of nitrogens with zero attached hydrogens (tertiary/aromatic N) is 3. The van der Waals surface area contributed by atoms with Gasteiger partial charge in [0.25, 0.3) is 5.56 Å². The van der Waals surface area contributed by atoms with Crippen molar-refractivity contribution in [1.29, 1.82) is 0 Å². The van der Waals surface area contributed by atoms with Crippen molar-refractivity contribution in [2.75, 3.05) is 11.1 Å². The summed E-state index contributed by atoms with van der Waals surface area (Å²) in [5.74, 6) is 0.659. The fourth-order valence-corrected chi connectivity index (χ4v) is 5.51. The number of fused-ring (bicyclic) bond motifs is 1. The third-order valence-electron chi connectivity index (χ3n) is 4.65. The first-order chi connectivity index (χ1) is 15.0. The van der Waals surface area contributed by atoms with Crippen LogP contribution in [0.3, 0.4) is 0 Å². The van der Waals surface area contributed by atoms with Crippen molar-refractivity contribution in [2.45, 2.75) is 32.4 Å². The lowest BCUT2D eigenvalue weighted by atomic mass is 10.1. The zero-order chi connectivity index (χ0) is 21.8. The highest BCUT2D eigenvalue weighted by Crippen LogP contribution is 2.30. The Morgan fingerprint density at radius 2 is 2.03 bits per heavy atom. The molecule has 1 N–H and O–H groups in total. The molecule has 4 rings (SSSR count). The average molecular weight is 471 g/mol. The summed E-state index contributed by atoms with van der Waals surface area (Å²) >= 11 is 4.32. The first-order valence-corrected chi connectivity index (χ1v) is 12.8. The molecule has 0 bridgehead atoms. The Morgan fingerprint density at radius 3 is 2.81 bits per heavy atom. The van der Waals surface area contributed by atoms with Crippen molar-refractivity contribution in [3.8, 4) is 11.3 Å². The maximum absolute atomic E-state index is 12.4. The smallest absolute Gasteiger partial charge is 0.258 e. The third kappa shape index (κ3) is 5.23. The number of carbonyl (C=O) groups is 1. The molecule has 0 spiro atoms. The molecular weight excluding hydrogens is 448 g/mol. The van der Waals surface area contributed by atoms with Crippen molar-refractivity contribution in [3.05, 3.63) is 68.4 Å². The number of hydrogen-bond donors (Lipinski definition) is 1. The minimum absolute atomic E-state index is 0.0974. The van der Waals surface area contributed by atoms with Crippen LogP contribution >= 0.6 is 34.4 Å². The maximum Gasteiger partial charge on any atom is 0.258 e. The monoisotopic (exact) mass is 470 g/mol. The van der Waals surface area contributed by atoms with Gasteiger partial charge in [-0.25, -0.2) is 9.97 Å². The second kappa shape index (κ2) is 9.76. The lowest BCUT2D eigenvalue weighted by Crippen LogP contribution is -2.15. The predicted octanol–water partition coefficient (Wildman–Crippen LogP) is 5.01. The largest absolute Gasteiger partial charge is 0.301 e. The molecule has 6 nitrogen and oxygen atoms in total. The van der Waals surface area contributed by atoms with Crippen LogP contribution in [-0.4, -0.2) is 26.0 Å². The van der Waals surface area contributed by atoms with Gasteiger partial charge in [0, 0.05) is 33.8 Å². The molecule has 3 heterocycles. The Bertz CT molecular complexity index is 1260. The molecule has 1 amide bonds. The fraction of sp³-hybridized carbons (Fsp3) is 0.273. The van der Waals surface area contributed by atoms with E-state index in [2.05, 4.69) is 46.5 Å². The van der Waals surface area contributed by atoms with Gasteiger partial charge in [0.1, 0.15) is 0 Å². The van der Waals surface area contributed by atoms with E-state index in [-0.39, 0.29) is 17.2 Å². The second-order valence-electron chi connectivity index (χ2n) is 7.05. The number of thiazole rings is 2. The van der Waals surface area contributed by atoms with Crippen LogP contribution < -0.4 is 10.9 Å². The van der Waals surface area contributed by atoms with E-state index in [1.807, 2.05) is 12.3 Å². The molecule has 0 saturated heterocycles. The van der Waals surface area contributed by atoms with E-state index >= 15 is 0 Å². The number of nitrogens with one attached hydrogen (secondary N) is 1. The molecule has 0 aliphatic carbocycles. The van der Waals surface area contributed by atoms with Gasteiger partial charge in [-0.2, -0.15) is 0 Å². The molecule has 0 aliphatic rings. The normalized spacial score (nSPS) is 11.2. The Balaban J connectivity index is 1.34. The molecule has 160 valence electrons. The topological polar surface area (TPSA) is 76.4 Å². The Morgan fingerprint density at radius 1 is 1.23 bits per heavy atom. The van der Waals surface area contributed by atoms with Crippen molar-refractivity contribution in [2.24, 2.45) is 0 Å². The van der Waals surface area contributed by atoms with Gasteiger partial charge in [-0.1, -0.05) is 37.6 Å². The van der Waals surface area contributed by atoms with Gasteiger partial charge in [0.15, 0.2) is 10.1 Å². The number of aryl methyl sites for hydroxylation is 2. The molecule has 0 saturated carbocycles. The van der Waals surface area contributed by atoms with Crippen LogP contribution in [0.1, 0.15) is 29.5 Å². The molecule has 0 aliphatic heterocycles. The SMILES string of the molecule is CCCc1ccc(-c2nc(NC(=O)CSCc3cc(=O)n4ccsc4n3)sc2C)cc1. The highest BCUT2D eigenvalue weighted by atomic mass is 32.2. The second-order valence-corrected chi connectivity index (χ2v) is 10.1. The van der Waals surface area contributed by atoms with Gasteiger partial charge in [-0.15, -0.1) is 34.4 Å². The summed E-state index contributed by atoms with van der Waals surface area (Å²) in [7, 11) is 0. The number of rotatable bonds is 8. The first-order valence-electron chi connectivity index (χ1n) is 9.93. The summed E-state index contributed by atoms with van der Waals surface area (Å²) < 4.78 is 1.52. The van der Waals surface area contributed by atoms with Crippen LogP contribution in [-0.2, 0) is 17.0 Å². The maximum atomic E-state index is 12.4. The zero-order valence-corrected chi connectivity index (χ0v) is 19.7. The Labute approximate surface area is 192 Å². The van der Waals surface area contributed by atoms with E-state index in [4.69, 9.17) is 0 Å². The summed E-state index contributed by atoms with van der Waals surface area (Å²) in [4.78, 5) is 35.2. The van der Waals surface area contributed by atoms with Crippen molar-refractivity contribution >= 4 is 50.4 Å². The van der Waals surface area contributed by atoms with E-state index in [1.54, 1.807) is 6.20 Å². The number of hydrogen-bond acceptors (Lipinski definition) is 7. The highest BCUT2D eigenvalue weighted by Gasteiger charge is 2.13. The van der Waals surface area contributed by atoms with Crippen LogP contribution in [0.2, 0.25) is 0 Å². The lowest BCUT2D eigenvalue weighted by molar-refractivity contribution is -0.113. The predicted molar refractivity (Wildman–Crippen MR) is 130 cm³/mol. The van der Waals surface area contributed by atoms with Gasteiger partial charge >= 0.3 is 0 Å². The Hall–Kier alpha value is -2.49. The summed E-state index contributed by atoms with van der Waals surface area (Å²) in [5.41, 5.74) is 3.87. The molecule has 3 aromatic heterocycles. The Kier molecular flexibility index (Phi) is 6.84. The van der Waals surface area contributed by atoms with Crippen molar-refractivity contribution in [3.63, 3.8) is 0 Å². The van der Waals surface area contributed by atoms with E-state index in [9.17, 15) is 9.59 Å². The molecule has 0 fully saturated rings. The standard InChI is InChI=1S/C22H22N4O2S3/c1-3-4-15-5-7-16(8-6-15)20-14(2)31-21(25-20)24-18(27)13-29-12-17-11-19(28)26-9-10-30-22(26)23-17/h5-11H,3-4,12-13H2,1-2H3,(H,24,25,27). The van der Waals surface area contributed by atoms with Crippen LogP contribution in [0.5, 0.6) is 0 Å². The third-order valence-corrected chi connectivity index (χ3v) is 7.26. The minimum Gasteiger partial charge on any atom is -0.301 e. The zero-order valence-electron chi connectivity index (χ0n) is 17.3. The molecule has 1 aromatic carbocycles. The van der Waals surface area contributed by atoms with E-state index in [1.165, 1.54) is 50.5 Å². The van der Waals surface area contributed by atoms with Gasteiger partial charge in [0.2, 0.25) is 5.91 Å². The minimum atomic E-state index is -0.113. The molecule has 31 heavy (non-hydrogen) atoms. The van der Waals surface area contributed by atoms with E-state index in [0.717, 1.165) is 29.0 Å². The van der Waals surface area contributed by atoms with Gasteiger partial charge in [-0.3, -0.25) is 14.0 Å². The van der Waals surface area contributed by atoms with Gasteiger partial charge in [-0.05, 0) is 18.9 Å². The first kappa shape index (κ1) is 21.7. The summed E-state index contributed by atoms with van der Waals surface area (Å²) in [6.45, 7) is 4.19. The molecule has 0 atom stereocenters. The van der Waals surface area contributed by atoms with Crippen LogP contribution in [0.4, 0.5) is 5.13 Å². The highest BCUT2D eigenvalue weighted by molar-refractivity contribution is 7.99. The number of benzene rings is 1. The van der Waals surface area contributed by atoms with Crippen molar-refractivity contribution < 1.29 is 4.79 Å². The molecule has 0 unspecified atom stereocenters.